The van der Waals surface area contributed by atoms with E-state index in [1.165, 1.54) is 6.07 Å². The Morgan fingerprint density at radius 1 is 1.15 bits per heavy atom. The number of hydrogen-bond donors (Lipinski definition) is 2. The zero-order chi connectivity index (χ0) is 14.1. The number of carbonyl (C=O) groups excluding carboxylic acids is 1. The van der Waals surface area contributed by atoms with Gasteiger partial charge < -0.3 is 5.32 Å². The Morgan fingerprint density at radius 2 is 1.95 bits per heavy atom. The summed E-state index contributed by atoms with van der Waals surface area (Å²) in [7, 11) is 0. The van der Waals surface area contributed by atoms with Crippen molar-refractivity contribution in [2.45, 2.75) is 6.04 Å². The van der Waals surface area contributed by atoms with Crippen molar-refractivity contribution < 1.29 is 9.18 Å². The van der Waals surface area contributed by atoms with Gasteiger partial charge in [0, 0.05) is 16.3 Å². The molecule has 1 heterocycles. The minimum absolute atomic E-state index is 0.116. The number of fused-ring (bicyclic) bond motifs is 1. The van der Waals surface area contributed by atoms with Gasteiger partial charge in [0.25, 0.3) is 0 Å². The first-order valence-electron chi connectivity index (χ1n) is 6.22. The van der Waals surface area contributed by atoms with Crippen LogP contribution in [-0.4, -0.2) is 12.5 Å². The lowest BCUT2D eigenvalue weighted by molar-refractivity contribution is -0.115. The van der Waals surface area contributed by atoms with Gasteiger partial charge in [-0.3, -0.25) is 10.1 Å². The molecule has 1 aliphatic rings. The lowest BCUT2D eigenvalue weighted by Crippen LogP contribution is -2.28. The van der Waals surface area contributed by atoms with Crippen molar-refractivity contribution in [2.24, 2.45) is 0 Å². The van der Waals surface area contributed by atoms with Crippen LogP contribution in [0.4, 0.5) is 10.1 Å². The zero-order valence-corrected chi connectivity index (χ0v) is 11.2. The predicted molar refractivity (Wildman–Crippen MR) is 76.3 cm³/mol. The molecule has 0 unspecified atom stereocenters. The van der Waals surface area contributed by atoms with Gasteiger partial charge in [-0.15, -0.1) is 0 Å². The molecule has 20 heavy (non-hydrogen) atoms. The van der Waals surface area contributed by atoms with Crippen molar-refractivity contribution in [3.63, 3.8) is 0 Å². The number of halogens is 2. The quantitative estimate of drug-likeness (QED) is 0.847. The maximum atomic E-state index is 14.0. The molecule has 102 valence electrons. The van der Waals surface area contributed by atoms with Crippen molar-refractivity contribution in [1.29, 1.82) is 0 Å². The third-order valence-electron chi connectivity index (χ3n) is 3.28. The molecule has 2 N–H and O–H groups in total. The summed E-state index contributed by atoms with van der Waals surface area (Å²) in [6.45, 7) is 0.116. The van der Waals surface area contributed by atoms with Crippen LogP contribution < -0.4 is 10.6 Å². The fourth-order valence-corrected chi connectivity index (χ4v) is 2.55. The van der Waals surface area contributed by atoms with Gasteiger partial charge in [0.2, 0.25) is 5.91 Å². The Kier molecular flexibility index (Phi) is 3.42. The normalized spacial score (nSPS) is 18.1. The number of anilines is 1. The second kappa shape index (κ2) is 5.23. The first-order chi connectivity index (χ1) is 9.65. The molecule has 3 rings (SSSR count). The van der Waals surface area contributed by atoms with E-state index in [-0.39, 0.29) is 18.3 Å². The highest BCUT2D eigenvalue weighted by molar-refractivity contribution is 6.30. The number of benzene rings is 2. The van der Waals surface area contributed by atoms with E-state index in [1.807, 2.05) is 0 Å². The van der Waals surface area contributed by atoms with Crippen LogP contribution in [0.15, 0.2) is 42.5 Å². The molecule has 2 aromatic rings. The number of nitrogens with one attached hydrogen (secondary N) is 2. The Morgan fingerprint density at radius 3 is 2.75 bits per heavy atom. The number of carbonyl (C=O) groups is 1. The first kappa shape index (κ1) is 13.1. The Hall–Kier alpha value is -1.91. The third-order valence-corrected chi connectivity index (χ3v) is 3.52. The minimum Gasteiger partial charge on any atom is -0.325 e. The van der Waals surface area contributed by atoms with Crippen molar-refractivity contribution in [3.05, 3.63) is 64.4 Å². The Labute approximate surface area is 120 Å². The minimum atomic E-state index is -0.413. The van der Waals surface area contributed by atoms with Gasteiger partial charge in [-0.25, -0.2) is 4.39 Å². The molecule has 0 spiro atoms. The molecule has 0 saturated heterocycles. The van der Waals surface area contributed by atoms with E-state index in [0.717, 1.165) is 5.56 Å². The Bertz CT molecular complexity index is 675. The molecule has 0 bridgehead atoms. The van der Waals surface area contributed by atoms with Gasteiger partial charge in [-0.05, 0) is 29.8 Å². The summed E-state index contributed by atoms with van der Waals surface area (Å²) in [5, 5.41) is 6.39. The van der Waals surface area contributed by atoms with Crippen LogP contribution in [-0.2, 0) is 4.79 Å². The molecule has 0 fully saturated rings. The smallest absolute Gasteiger partial charge is 0.238 e. The molecule has 5 heteroatoms. The molecule has 0 radical (unpaired) electrons. The standard InChI is InChI=1S/C15H12ClFN2O/c16-9-5-6-13-11(7-9)15(18-8-14(20)19-13)10-3-1-2-4-12(10)17/h1-7,15,18H,8H2,(H,19,20)/t15-/m0/s1. The van der Waals surface area contributed by atoms with E-state index in [1.54, 1.807) is 36.4 Å². The second-order valence-electron chi connectivity index (χ2n) is 4.62. The van der Waals surface area contributed by atoms with Crippen LogP contribution in [0.1, 0.15) is 17.2 Å². The summed E-state index contributed by atoms with van der Waals surface area (Å²) >= 11 is 6.02. The van der Waals surface area contributed by atoms with Crippen molar-refractivity contribution in [1.82, 2.24) is 5.32 Å². The van der Waals surface area contributed by atoms with Crippen LogP contribution >= 0.6 is 11.6 Å². The molecule has 1 aliphatic heterocycles. The van der Waals surface area contributed by atoms with E-state index in [2.05, 4.69) is 10.6 Å². The zero-order valence-electron chi connectivity index (χ0n) is 10.5. The molecule has 0 saturated carbocycles. The number of hydrogen-bond acceptors (Lipinski definition) is 2. The van der Waals surface area contributed by atoms with Gasteiger partial charge in [0.05, 0.1) is 12.6 Å². The molecule has 0 aliphatic carbocycles. The van der Waals surface area contributed by atoms with Gasteiger partial charge in [-0.1, -0.05) is 29.8 Å². The number of rotatable bonds is 1. The summed E-state index contributed by atoms with van der Waals surface area (Å²) in [5.74, 6) is -0.474. The van der Waals surface area contributed by atoms with E-state index in [0.29, 0.717) is 16.3 Å². The Balaban J connectivity index is 2.15. The topological polar surface area (TPSA) is 41.1 Å². The monoisotopic (exact) mass is 290 g/mol. The predicted octanol–water partition coefficient (Wildman–Crippen LogP) is 3.11. The van der Waals surface area contributed by atoms with E-state index < -0.39 is 6.04 Å². The average Bonchev–Trinajstić information content (AvgIpc) is 2.58. The lowest BCUT2D eigenvalue weighted by Gasteiger charge is -2.19. The largest absolute Gasteiger partial charge is 0.325 e. The van der Waals surface area contributed by atoms with Gasteiger partial charge >= 0.3 is 0 Å². The summed E-state index contributed by atoms with van der Waals surface area (Å²) in [5.41, 5.74) is 1.90. The summed E-state index contributed by atoms with van der Waals surface area (Å²) in [6.07, 6.45) is 0. The highest BCUT2D eigenvalue weighted by Crippen LogP contribution is 2.33. The molecular formula is C15H12ClFN2O. The lowest BCUT2D eigenvalue weighted by atomic mass is 9.97. The fraction of sp³-hybridized carbons (Fsp3) is 0.133. The van der Waals surface area contributed by atoms with E-state index in [9.17, 15) is 9.18 Å². The number of amides is 1. The second-order valence-corrected chi connectivity index (χ2v) is 5.05. The molecule has 1 amide bonds. The summed E-state index contributed by atoms with van der Waals surface area (Å²) in [6, 6.07) is 11.3. The maximum absolute atomic E-state index is 14.0. The van der Waals surface area contributed by atoms with E-state index in [4.69, 9.17) is 11.6 Å². The van der Waals surface area contributed by atoms with Crippen LogP contribution in [0.3, 0.4) is 0 Å². The first-order valence-corrected chi connectivity index (χ1v) is 6.60. The van der Waals surface area contributed by atoms with Crippen LogP contribution in [0, 0.1) is 5.82 Å². The van der Waals surface area contributed by atoms with Gasteiger partial charge in [0.1, 0.15) is 5.82 Å². The highest BCUT2D eigenvalue weighted by Gasteiger charge is 2.24. The summed E-state index contributed by atoms with van der Waals surface area (Å²) in [4.78, 5) is 11.7. The fourth-order valence-electron chi connectivity index (χ4n) is 2.37. The SMILES string of the molecule is O=C1CN[C@@H](c2ccccc2F)c2cc(Cl)ccc2N1. The van der Waals surface area contributed by atoms with Crippen molar-refractivity contribution in [2.75, 3.05) is 11.9 Å². The van der Waals surface area contributed by atoms with Crippen molar-refractivity contribution in [3.8, 4) is 0 Å². The van der Waals surface area contributed by atoms with E-state index >= 15 is 0 Å². The molecular weight excluding hydrogens is 279 g/mol. The van der Waals surface area contributed by atoms with Crippen LogP contribution in [0.2, 0.25) is 5.02 Å². The summed E-state index contributed by atoms with van der Waals surface area (Å²) < 4.78 is 14.0. The molecule has 2 aromatic carbocycles. The van der Waals surface area contributed by atoms with Crippen molar-refractivity contribution >= 4 is 23.2 Å². The molecule has 3 nitrogen and oxygen atoms in total. The van der Waals surface area contributed by atoms with Crippen LogP contribution in [0.5, 0.6) is 0 Å². The average molecular weight is 291 g/mol. The maximum Gasteiger partial charge on any atom is 0.238 e. The van der Waals surface area contributed by atoms with Gasteiger partial charge in [-0.2, -0.15) is 0 Å². The van der Waals surface area contributed by atoms with Gasteiger partial charge in [0.15, 0.2) is 0 Å². The third kappa shape index (κ3) is 2.40. The van der Waals surface area contributed by atoms with Crippen LogP contribution in [0.25, 0.3) is 0 Å². The molecule has 0 aromatic heterocycles. The molecule has 1 atom stereocenters. The highest BCUT2D eigenvalue weighted by atomic mass is 35.5.